The molecule has 0 amide bonds. The first kappa shape index (κ1) is 24.5. The Morgan fingerprint density at radius 3 is 2.27 bits per heavy atom. The average Bonchev–Trinajstić information content (AvgIpc) is 2.78. The summed E-state index contributed by atoms with van der Waals surface area (Å²) in [6, 6.07) is 22.2. The van der Waals surface area contributed by atoms with Crippen LogP contribution in [0.5, 0.6) is 0 Å². The molecule has 30 heavy (non-hydrogen) atoms. The van der Waals surface area contributed by atoms with Crippen LogP contribution in [0.3, 0.4) is 0 Å². The van der Waals surface area contributed by atoms with Crippen molar-refractivity contribution in [3.63, 3.8) is 0 Å². The highest BCUT2D eigenvalue weighted by atomic mass is 127. The van der Waals surface area contributed by atoms with Crippen molar-refractivity contribution in [2.24, 2.45) is 4.99 Å². The van der Waals surface area contributed by atoms with Crippen LogP contribution < -0.4 is 15.5 Å². The molecule has 0 saturated carbocycles. The SMILES string of the molecule is CN=C(NCC(C)N(C)Cc1ccccc1)NC1CCN(c2ccccc2)CC1.I. The Labute approximate surface area is 199 Å². The highest BCUT2D eigenvalue weighted by molar-refractivity contribution is 14.0. The van der Waals surface area contributed by atoms with Gasteiger partial charge in [-0.05, 0) is 44.5 Å². The molecule has 5 nitrogen and oxygen atoms in total. The molecule has 2 aromatic rings. The summed E-state index contributed by atoms with van der Waals surface area (Å²) >= 11 is 0. The molecule has 1 saturated heterocycles. The van der Waals surface area contributed by atoms with Crippen LogP contribution in [-0.4, -0.2) is 56.7 Å². The third kappa shape index (κ3) is 7.47. The summed E-state index contributed by atoms with van der Waals surface area (Å²) in [7, 11) is 4.03. The zero-order valence-electron chi connectivity index (χ0n) is 18.4. The number of hydrogen-bond donors (Lipinski definition) is 2. The van der Waals surface area contributed by atoms with Crippen molar-refractivity contribution < 1.29 is 0 Å². The van der Waals surface area contributed by atoms with Crippen LogP contribution in [-0.2, 0) is 6.54 Å². The van der Waals surface area contributed by atoms with E-state index in [1.165, 1.54) is 11.3 Å². The molecule has 1 atom stereocenters. The van der Waals surface area contributed by atoms with E-state index >= 15 is 0 Å². The van der Waals surface area contributed by atoms with Crippen LogP contribution in [0.15, 0.2) is 65.7 Å². The highest BCUT2D eigenvalue weighted by Crippen LogP contribution is 2.19. The monoisotopic (exact) mass is 521 g/mol. The molecule has 3 rings (SSSR count). The molecule has 0 bridgehead atoms. The number of guanidine groups is 1. The fourth-order valence-electron chi connectivity index (χ4n) is 3.74. The second kappa shape index (κ2) is 12.8. The molecule has 164 valence electrons. The van der Waals surface area contributed by atoms with Crippen molar-refractivity contribution in [3.05, 3.63) is 66.2 Å². The molecule has 6 heteroatoms. The molecule has 1 unspecified atom stereocenters. The van der Waals surface area contributed by atoms with E-state index in [9.17, 15) is 0 Å². The minimum absolute atomic E-state index is 0. The number of para-hydroxylation sites is 1. The molecule has 1 aliphatic heterocycles. The van der Waals surface area contributed by atoms with Gasteiger partial charge in [-0.15, -0.1) is 24.0 Å². The smallest absolute Gasteiger partial charge is 0.191 e. The van der Waals surface area contributed by atoms with E-state index in [1.807, 2.05) is 7.05 Å². The minimum atomic E-state index is 0. The summed E-state index contributed by atoms with van der Waals surface area (Å²) in [6.45, 7) is 6.23. The molecule has 2 N–H and O–H groups in total. The lowest BCUT2D eigenvalue weighted by Crippen LogP contribution is -2.50. The average molecular weight is 521 g/mol. The van der Waals surface area contributed by atoms with Crippen LogP contribution in [0.25, 0.3) is 0 Å². The van der Waals surface area contributed by atoms with Crippen molar-refractivity contribution in [3.8, 4) is 0 Å². The molecule has 1 fully saturated rings. The quantitative estimate of drug-likeness (QED) is 0.329. The summed E-state index contributed by atoms with van der Waals surface area (Å²) in [6.07, 6.45) is 2.25. The number of hydrogen-bond acceptors (Lipinski definition) is 3. The number of nitrogens with one attached hydrogen (secondary N) is 2. The van der Waals surface area contributed by atoms with Gasteiger partial charge in [0.1, 0.15) is 0 Å². The third-order valence-electron chi connectivity index (χ3n) is 5.77. The number of aliphatic imine (C=N–C) groups is 1. The summed E-state index contributed by atoms with van der Waals surface area (Å²) in [5.74, 6) is 0.906. The van der Waals surface area contributed by atoms with E-state index in [1.54, 1.807) is 0 Å². The zero-order valence-corrected chi connectivity index (χ0v) is 20.8. The molecular formula is C24H36IN5. The van der Waals surface area contributed by atoms with Crippen molar-refractivity contribution in [2.75, 3.05) is 38.6 Å². The maximum absolute atomic E-state index is 4.44. The van der Waals surface area contributed by atoms with E-state index in [2.05, 4.69) is 100 Å². The van der Waals surface area contributed by atoms with Crippen LogP contribution in [0.4, 0.5) is 5.69 Å². The number of piperidine rings is 1. The van der Waals surface area contributed by atoms with Gasteiger partial charge >= 0.3 is 0 Å². The summed E-state index contributed by atoms with van der Waals surface area (Å²) in [5.41, 5.74) is 2.67. The summed E-state index contributed by atoms with van der Waals surface area (Å²) in [5, 5.41) is 7.13. The third-order valence-corrected chi connectivity index (χ3v) is 5.77. The van der Waals surface area contributed by atoms with E-state index < -0.39 is 0 Å². The van der Waals surface area contributed by atoms with E-state index in [4.69, 9.17) is 0 Å². The van der Waals surface area contributed by atoms with Crippen LogP contribution in [0, 0.1) is 0 Å². The lowest BCUT2D eigenvalue weighted by molar-refractivity contribution is 0.249. The normalized spacial score (nSPS) is 16.1. The molecule has 1 heterocycles. The van der Waals surface area contributed by atoms with Gasteiger partial charge in [-0.25, -0.2) is 0 Å². The standard InChI is InChI=1S/C24H35N5.HI/c1-20(28(3)19-21-10-6-4-7-11-21)18-26-24(25-2)27-22-14-16-29(17-15-22)23-12-8-5-9-13-23;/h4-13,20,22H,14-19H2,1-3H3,(H2,25,26,27);1H. The second-order valence-corrected chi connectivity index (χ2v) is 7.94. The van der Waals surface area contributed by atoms with Gasteiger partial charge < -0.3 is 15.5 Å². The number of halogens is 1. The number of nitrogens with zero attached hydrogens (tertiary/aromatic N) is 3. The highest BCUT2D eigenvalue weighted by Gasteiger charge is 2.20. The van der Waals surface area contributed by atoms with Crippen LogP contribution in [0.2, 0.25) is 0 Å². The zero-order chi connectivity index (χ0) is 20.5. The van der Waals surface area contributed by atoms with Crippen LogP contribution >= 0.6 is 24.0 Å². The second-order valence-electron chi connectivity index (χ2n) is 7.94. The molecule has 0 aliphatic carbocycles. The van der Waals surface area contributed by atoms with Crippen molar-refractivity contribution in [1.29, 1.82) is 0 Å². The summed E-state index contributed by atoms with van der Waals surface area (Å²) in [4.78, 5) is 9.27. The Morgan fingerprint density at radius 2 is 1.67 bits per heavy atom. The number of likely N-dealkylation sites (N-methyl/N-ethyl adjacent to an activating group) is 1. The predicted molar refractivity (Wildman–Crippen MR) is 139 cm³/mol. The van der Waals surface area contributed by atoms with Gasteiger partial charge in [0, 0.05) is 51.0 Å². The van der Waals surface area contributed by atoms with Gasteiger partial charge in [-0.2, -0.15) is 0 Å². The first-order valence-electron chi connectivity index (χ1n) is 10.7. The van der Waals surface area contributed by atoms with E-state index in [0.717, 1.165) is 45.0 Å². The Kier molecular flexibility index (Phi) is 10.4. The Balaban J connectivity index is 0.00000320. The van der Waals surface area contributed by atoms with Crippen molar-refractivity contribution in [2.45, 2.75) is 38.4 Å². The molecule has 1 aliphatic rings. The van der Waals surface area contributed by atoms with Gasteiger partial charge in [0.25, 0.3) is 0 Å². The number of rotatable bonds is 7. The molecule has 0 radical (unpaired) electrons. The molecule has 0 spiro atoms. The largest absolute Gasteiger partial charge is 0.371 e. The molecule has 2 aromatic carbocycles. The fourth-order valence-corrected chi connectivity index (χ4v) is 3.74. The van der Waals surface area contributed by atoms with Crippen molar-refractivity contribution in [1.82, 2.24) is 15.5 Å². The van der Waals surface area contributed by atoms with E-state index in [0.29, 0.717) is 12.1 Å². The van der Waals surface area contributed by atoms with Crippen molar-refractivity contribution >= 4 is 35.6 Å². The van der Waals surface area contributed by atoms with E-state index in [-0.39, 0.29) is 24.0 Å². The molecule has 0 aromatic heterocycles. The Bertz CT molecular complexity index is 745. The predicted octanol–water partition coefficient (Wildman–Crippen LogP) is 3.96. The first-order chi connectivity index (χ1) is 14.2. The lowest BCUT2D eigenvalue weighted by Gasteiger charge is -2.35. The van der Waals surface area contributed by atoms with Gasteiger partial charge in [-0.3, -0.25) is 9.89 Å². The topological polar surface area (TPSA) is 42.9 Å². The minimum Gasteiger partial charge on any atom is -0.371 e. The maximum atomic E-state index is 4.44. The number of benzene rings is 2. The lowest BCUT2D eigenvalue weighted by atomic mass is 10.0. The molecular weight excluding hydrogens is 485 g/mol. The maximum Gasteiger partial charge on any atom is 0.191 e. The summed E-state index contributed by atoms with van der Waals surface area (Å²) < 4.78 is 0. The van der Waals surface area contributed by atoms with Crippen LogP contribution in [0.1, 0.15) is 25.3 Å². The fraction of sp³-hybridized carbons (Fsp3) is 0.458. The van der Waals surface area contributed by atoms with Gasteiger partial charge in [0.2, 0.25) is 0 Å². The van der Waals surface area contributed by atoms with Gasteiger partial charge in [0.15, 0.2) is 5.96 Å². The van der Waals surface area contributed by atoms with Gasteiger partial charge in [-0.1, -0.05) is 48.5 Å². The number of anilines is 1. The Morgan fingerprint density at radius 1 is 1.07 bits per heavy atom. The Hall–Kier alpha value is -1.80. The van der Waals surface area contributed by atoms with Gasteiger partial charge in [0.05, 0.1) is 0 Å². The first-order valence-corrected chi connectivity index (χ1v) is 10.7.